The third-order valence-corrected chi connectivity index (χ3v) is 7.89. The minimum Gasteiger partial charge on any atom is -0.463 e. The van der Waals surface area contributed by atoms with Crippen molar-refractivity contribution in [3.8, 4) is 5.75 Å². The van der Waals surface area contributed by atoms with E-state index in [0.717, 1.165) is 29.9 Å². The number of para-hydroxylation sites is 1. The van der Waals surface area contributed by atoms with Gasteiger partial charge in [-0.25, -0.2) is 9.79 Å². The first-order valence-electron chi connectivity index (χ1n) is 13.2. The topological polar surface area (TPSA) is 107 Å². The lowest BCUT2D eigenvalue weighted by atomic mass is 9.96. The number of hydrogen-bond donors (Lipinski definition) is 0. The fourth-order valence-electron chi connectivity index (χ4n) is 5.08. The van der Waals surface area contributed by atoms with Gasteiger partial charge in [-0.15, -0.1) is 0 Å². The molecule has 0 N–H and O–H groups in total. The second kappa shape index (κ2) is 11.1. The number of fused-ring (bicyclic) bond motifs is 2. The predicted octanol–water partition coefficient (Wildman–Crippen LogP) is 3.24. The molecule has 1 atom stereocenters. The van der Waals surface area contributed by atoms with Crippen LogP contribution in [-0.4, -0.2) is 35.6 Å². The van der Waals surface area contributed by atoms with Crippen molar-refractivity contribution in [2.45, 2.75) is 46.6 Å². The van der Waals surface area contributed by atoms with E-state index >= 15 is 0 Å². The van der Waals surface area contributed by atoms with E-state index in [0.29, 0.717) is 39.5 Å². The van der Waals surface area contributed by atoms with Gasteiger partial charge in [-0.1, -0.05) is 55.0 Å². The van der Waals surface area contributed by atoms with Crippen LogP contribution in [0.3, 0.4) is 0 Å². The average molecular weight is 560 g/mol. The number of unbranched alkanes of at least 4 members (excludes halogenated alkanes) is 1. The Morgan fingerprint density at radius 3 is 2.45 bits per heavy atom. The maximum absolute atomic E-state index is 14.2. The van der Waals surface area contributed by atoms with E-state index in [4.69, 9.17) is 9.47 Å². The molecule has 1 aromatic heterocycles. The van der Waals surface area contributed by atoms with Gasteiger partial charge in [0.15, 0.2) is 4.80 Å². The Bertz CT molecular complexity index is 1730. The van der Waals surface area contributed by atoms with E-state index in [1.807, 2.05) is 24.3 Å². The Labute approximate surface area is 234 Å². The molecule has 0 bridgehead atoms. The number of allylic oxidation sites excluding steroid dienone is 1. The summed E-state index contributed by atoms with van der Waals surface area (Å²) in [6, 6.07) is 13.2. The number of thiazole rings is 1. The predicted molar refractivity (Wildman–Crippen MR) is 151 cm³/mol. The molecule has 206 valence electrons. The lowest BCUT2D eigenvalue weighted by Gasteiger charge is -2.24. The summed E-state index contributed by atoms with van der Waals surface area (Å²) in [4.78, 5) is 59.2. The number of rotatable bonds is 7. The highest BCUT2D eigenvalue weighted by Gasteiger charge is 2.37. The molecule has 1 amide bonds. The summed E-state index contributed by atoms with van der Waals surface area (Å²) in [7, 11) is 0. The molecule has 2 aliphatic rings. The standard InChI is InChI=1S/C30H29N3O6S/c1-5-7-16-32-22-11-9-8-10-21(22)24(27(32)35)26-28(36)33-25(19-12-14-20(15-13-19)39-18(4)34)23(29(37)38-6-2)17(3)31-30(33)40-26/h8-15,25H,5-7,16H2,1-4H3/b26-24-/t25-/m0/s1. The van der Waals surface area contributed by atoms with Crippen LogP contribution in [-0.2, 0) is 19.1 Å². The first-order chi connectivity index (χ1) is 19.3. The van der Waals surface area contributed by atoms with E-state index in [1.54, 1.807) is 43.0 Å². The molecule has 0 spiro atoms. The van der Waals surface area contributed by atoms with E-state index in [2.05, 4.69) is 11.9 Å². The van der Waals surface area contributed by atoms with Gasteiger partial charge in [-0.05, 0) is 44.0 Å². The van der Waals surface area contributed by atoms with Crippen molar-refractivity contribution in [2.75, 3.05) is 18.1 Å². The molecule has 3 aromatic rings. The van der Waals surface area contributed by atoms with Gasteiger partial charge in [-0.3, -0.25) is 19.0 Å². The van der Waals surface area contributed by atoms with E-state index in [1.165, 1.54) is 11.5 Å². The smallest absolute Gasteiger partial charge is 0.338 e. The molecule has 9 nitrogen and oxygen atoms in total. The van der Waals surface area contributed by atoms with Gasteiger partial charge in [0.05, 0.1) is 35.2 Å². The zero-order valence-electron chi connectivity index (χ0n) is 22.7. The minimum atomic E-state index is -0.848. The van der Waals surface area contributed by atoms with Crippen LogP contribution >= 0.6 is 11.3 Å². The largest absolute Gasteiger partial charge is 0.463 e. The highest BCUT2D eigenvalue weighted by atomic mass is 32.1. The first-order valence-corrected chi connectivity index (χ1v) is 14.0. The molecular formula is C30H29N3O6S. The number of aromatic nitrogens is 1. The van der Waals surface area contributed by atoms with Gasteiger partial charge in [0.2, 0.25) is 0 Å². The number of anilines is 1. The Morgan fingerprint density at radius 1 is 1.05 bits per heavy atom. The molecule has 5 rings (SSSR count). The highest BCUT2D eigenvalue weighted by molar-refractivity contribution is 7.07. The van der Waals surface area contributed by atoms with Gasteiger partial charge in [0.25, 0.3) is 11.5 Å². The highest BCUT2D eigenvalue weighted by Crippen LogP contribution is 2.36. The second-order valence-electron chi connectivity index (χ2n) is 9.49. The number of amides is 1. The molecule has 0 radical (unpaired) electrons. The number of nitrogens with zero attached hydrogens (tertiary/aromatic N) is 3. The first kappa shape index (κ1) is 27.3. The fourth-order valence-corrected chi connectivity index (χ4v) is 6.22. The monoisotopic (exact) mass is 559 g/mol. The number of esters is 2. The van der Waals surface area contributed by atoms with Crippen molar-refractivity contribution in [1.82, 2.24) is 4.57 Å². The summed E-state index contributed by atoms with van der Waals surface area (Å²) in [5.41, 5.74) is 2.68. The molecule has 0 saturated carbocycles. The Kier molecular flexibility index (Phi) is 7.53. The van der Waals surface area contributed by atoms with E-state index < -0.39 is 23.5 Å². The van der Waals surface area contributed by atoms with Gasteiger partial charge in [0, 0.05) is 19.0 Å². The molecule has 0 aliphatic carbocycles. The van der Waals surface area contributed by atoms with E-state index in [-0.39, 0.29) is 22.6 Å². The average Bonchev–Trinajstić information content (AvgIpc) is 3.39. The van der Waals surface area contributed by atoms with Crippen LogP contribution in [0.25, 0.3) is 5.57 Å². The van der Waals surface area contributed by atoms with Crippen molar-refractivity contribution in [3.63, 3.8) is 0 Å². The van der Waals surface area contributed by atoms with Crippen LogP contribution in [0.15, 0.2) is 69.6 Å². The second-order valence-corrected chi connectivity index (χ2v) is 10.5. The molecule has 2 aromatic carbocycles. The summed E-state index contributed by atoms with van der Waals surface area (Å²) < 4.78 is 12.2. The SMILES string of the molecule is CCCCN1C(=O)/C(=c2\sc3n(c2=O)[C@@H](c2ccc(OC(C)=O)cc2)C(C(=O)OCC)=C(C)N=3)c2ccccc21. The van der Waals surface area contributed by atoms with Gasteiger partial charge >= 0.3 is 11.9 Å². The molecule has 2 aliphatic heterocycles. The minimum absolute atomic E-state index is 0.154. The van der Waals surface area contributed by atoms with Crippen molar-refractivity contribution >= 4 is 40.4 Å². The molecule has 0 fully saturated rings. The molecule has 3 heterocycles. The normalized spacial score (nSPS) is 17.4. The van der Waals surface area contributed by atoms with Gasteiger partial charge in [0.1, 0.15) is 10.3 Å². The summed E-state index contributed by atoms with van der Waals surface area (Å²) in [5, 5.41) is 0. The zero-order chi connectivity index (χ0) is 28.6. The molecule has 0 saturated heterocycles. The summed E-state index contributed by atoms with van der Waals surface area (Å²) >= 11 is 1.14. The van der Waals surface area contributed by atoms with Crippen LogP contribution in [0.4, 0.5) is 5.69 Å². The van der Waals surface area contributed by atoms with Crippen molar-refractivity contribution in [3.05, 3.63) is 90.6 Å². The molecular weight excluding hydrogens is 530 g/mol. The molecule has 40 heavy (non-hydrogen) atoms. The fraction of sp³-hybridized carbons (Fsp3) is 0.300. The quantitative estimate of drug-likeness (QED) is 0.325. The van der Waals surface area contributed by atoms with Crippen LogP contribution in [0.2, 0.25) is 0 Å². The van der Waals surface area contributed by atoms with Crippen LogP contribution in [0, 0.1) is 0 Å². The third kappa shape index (κ3) is 4.68. The summed E-state index contributed by atoms with van der Waals surface area (Å²) in [6.07, 6.45) is 1.76. The maximum Gasteiger partial charge on any atom is 0.338 e. The van der Waals surface area contributed by atoms with Crippen LogP contribution in [0.1, 0.15) is 57.7 Å². The molecule has 0 unspecified atom stereocenters. The summed E-state index contributed by atoms with van der Waals surface area (Å²) in [5.74, 6) is -0.920. The Morgan fingerprint density at radius 2 is 1.77 bits per heavy atom. The van der Waals surface area contributed by atoms with Gasteiger partial charge in [-0.2, -0.15) is 0 Å². The number of carbonyl (C=O) groups excluding carboxylic acids is 3. The summed E-state index contributed by atoms with van der Waals surface area (Å²) in [6.45, 7) is 7.49. The zero-order valence-corrected chi connectivity index (χ0v) is 23.5. The number of benzene rings is 2. The number of carbonyl (C=O) groups is 3. The van der Waals surface area contributed by atoms with Crippen molar-refractivity contribution < 1.29 is 23.9 Å². The molecule has 10 heteroatoms. The third-order valence-electron chi connectivity index (χ3n) is 6.84. The van der Waals surface area contributed by atoms with Crippen molar-refractivity contribution in [1.29, 1.82) is 0 Å². The number of ether oxygens (including phenoxy) is 2. The van der Waals surface area contributed by atoms with Crippen LogP contribution in [0.5, 0.6) is 5.75 Å². The Hall–Kier alpha value is -4.31. The van der Waals surface area contributed by atoms with Gasteiger partial charge < -0.3 is 14.4 Å². The lowest BCUT2D eigenvalue weighted by Crippen LogP contribution is -2.41. The Balaban J connectivity index is 1.74. The van der Waals surface area contributed by atoms with Crippen LogP contribution < -0.4 is 24.5 Å². The van der Waals surface area contributed by atoms with Crippen molar-refractivity contribution in [2.24, 2.45) is 4.99 Å². The lowest BCUT2D eigenvalue weighted by molar-refractivity contribution is -0.139. The maximum atomic E-state index is 14.2. The number of hydrogen-bond acceptors (Lipinski definition) is 8. The van der Waals surface area contributed by atoms with E-state index in [9.17, 15) is 19.2 Å².